The molecule has 1 aliphatic carbocycles. The van der Waals surface area contributed by atoms with E-state index in [1.165, 1.54) is 70.0 Å². The quantitative estimate of drug-likeness (QED) is 0.421. The summed E-state index contributed by atoms with van der Waals surface area (Å²) < 4.78 is 1.13. The topological polar surface area (TPSA) is 82.2 Å². The Labute approximate surface area is 127 Å². The van der Waals surface area contributed by atoms with Gasteiger partial charge >= 0.3 is 0 Å². The van der Waals surface area contributed by atoms with Crippen LogP contribution in [0.25, 0.3) is 5.41 Å². The first-order valence-electron chi connectivity index (χ1n) is 7.90. The van der Waals surface area contributed by atoms with Crippen LogP contribution >= 0.6 is 0 Å². The molecule has 5 heteroatoms. The zero-order valence-electron chi connectivity index (χ0n) is 12.8. The number of nitriles is 2. The molecule has 112 valence electrons. The van der Waals surface area contributed by atoms with Crippen molar-refractivity contribution >= 4 is 6.01 Å². The highest BCUT2D eigenvalue weighted by Crippen LogP contribution is 2.54. The van der Waals surface area contributed by atoms with Crippen LogP contribution in [0.4, 0.5) is 0 Å². The van der Waals surface area contributed by atoms with Crippen LogP contribution in [0.15, 0.2) is 4.99 Å². The van der Waals surface area contributed by atoms with Crippen molar-refractivity contribution in [2.75, 3.05) is 7.05 Å². The van der Waals surface area contributed by atoms with Gasteiger partial charge in [-0.1, -0.05) is 6.42 Å². The zero-order valence-corrected chi connectivity index (χ0v) is 12.8. The molecule has 0 aromatic heterocycles. The molecule has 0 spiro atoms. The van der Waals surface area contributed by atoms with Gasteiger partial charge in [0, 0.05) is 25.7 Å². The SMILES string of the molecule is C[N+]1(C2CCCCC2)C2CCC1(C#N)CC2.N#CN=C=[N-]. The van der Waals surface area contributed by atoms with Gasteiger partial charge in [-0.2, -0.15) is 10.5 Å². The summed E-state index contributed by atoms with van der Waals surface area (Å²) in [6.45, 7) is 0. The Morgan fingerprint density at radius 2 is 1.62 bits per heavy atom. The smallest absolute Gasteiger partial charge is 0.186 e. The second-order valence-electron chi connectivity index (χ2n) is 6.63. The molecule has 0 radical (unpaired) electrons. The first-order chi connectivity index (χ1) is 10.1. The molecule has 2 heterocycles. The van der Waals surface area contributed by atoms with Crippen molar-refractivity contribution in [3.8, 4) is 12.3 Å². The van der Waals surface area contributed by atoms with Crippen LogP contribution in [0.3, 0.4) is 0 Å². The summed E-state index contributed by atoms with van der Waals surface area (Å²) in [5.74, 6) is 0. The first kappa shape index (κ1) is 15.7. The van der Waals surface area contributed by atoms with E-state index in [-0.39, 0.29) is 5.54 Å². The average molecular weight is 285 g/mol. The van der Waals surface area contributed by atoms with Crippen LogP contribution in [0.1, 0.15) is 57.8 Å². The Morgan fingerprint density at radius 1 is 1.05 bits per heavy atom. The monoisotopic (exact) mass is 285 g/mol. The van der Waals surface area contributed by atoms with Crippen molar-refractivity contribution in [3.05, 3.63) is 5.41 Å². The molecule has 5 nitrogen and oxygen atoms in total. The highest BCUT2D eigenvalue weighted by atomic mass is 15.5. The minimum absolute atomic E-state index is 0.00662. The molecule has 0 aromatic rings. The van der Waals surface area contributed by atoms with E-state index >= 15 is 0 Å². The second kappa shape index (κ2) is 6.39. The largest absolute Gasteiger partial charge is 0.422 e. The fraction of sp³-hybridized carbons (Fsp3) is 0.812. The Morgan fingerprint density at radius 3 is 2.05 bits per heavy atom. The third kappa shape index (κ3) is 2.48. The number of hydrogen-bond donors (Lipinski definition) is 0. The van der Waals surface area contributed by atoms with Crippen LogP contribution in [0.2, 0.25) is 0 Å². The molecule has 0 amide bonds. The van der Waals surface area contributed by atoms with E-state index in [1.807, 2.05) is 0 Å². The van der Waals surface area contributed by atoms with E-state index in [4.69, 9.17) is 10.7 Å². The molecule has 1 atom stereocenters. The Hall–Kier alpha value is -1.68. The van der Waals surface area contributed by atoms with Crippen molar-refractivity contribution in [2.45, 2.75) is 75.4 Å². The number of hydrogen-bond acceptors (Lipinski definition) is 3. The number of quaternary nitrogens is 1. The van der Waals surface area contributed by atoms with E-state index in [1.54, 1.807) is 0 Å². The van der Waals surface area contributed by atoms with Gasteiger partial charge in [0.1, 0.15) is 6.07 Å². The third-order valence-electron chi connectivity index (χ3n) is 6.10. The molecule has 21 heavy (non-hydrogen) atoms. The van der Waals surface area contributed by atoms with E-state index in [9.17, 15) is 5.26 Å². The maximum absolute atomic E-state index is 9.64. The highest BCUT2D eigenvalue weighted by Gasteiger charge is 2.65. The van der Waals surface area contributed by atoms with Crippen molar-refractivity contribution in [1.29, 1.82) is 10.5 Å². The maximum Gasteiger partial charge on any atom is 0.186 e. The normalized spacial score (nSPS) is 37.6. The van der Waals surface area contributed by atoms with Crippen molar-refractivity contribution in [1.82, 2.24) is 0 Å². The van der Waals surface area contributed by atoms with Gasteiger partial charge in [0.25, 0.3) is 0 Å². The molecule has 2 aliphatic heterocycles. The fourth-order valence-electron chi connectivity index (χ4n) is 4.95. The van der Waals surface area contributed by atoms with Crippen molar-refractivity contribution in [2.24, 2.45) is 4.99 Å². The lowest BCUT2D eigenvalue weighted by Gasteiger charge is -2.47. The maximum atomic E-state index is 9.64. The van der Waals surface area contributed by atoms with Crippen LogP contribution < -0.4 is 0 Å². The Balaban J connectivity index is 0.000000282. The second-order valence-corrected chi connectivity index (χ2v) is 6.63. The van der Waals surface area contributed by atoms with Crippen LogP contribution in [0, 0.1) is 22.8 Å². The van der Waals surface area contributed by atoms with E-state index in [0.29, 0.717) is 0 Å². The molecule has 2 saturated heterocycles. The summed E-state index contributed by atoms with van der Waals surface area (Å²) >= 11 is 0. The minimum Gasteiger partial charge on any atom is -0.422 e. The number of nitrogens with zero attached hydrogens (tertiary/aromatic N) is 5. The molecule has 1 unspecified atom stereocenters. The summed E-state index contributed by atoms with van der Waals surface area (Å²) in [6.07, 6.45) is 13.2. The van der Waals surface area contributed by atoms with Gasteiger partial charge in [-0.3, -0.25) is 0 Å². The lowest BCUT2D eigenvalue weighted by Crippen LogP contribution is -2.62. The molecule has 0 N–H and O–H groups in total. The lowest BCUT2D eigenvalue weighted by molar-refractivity contribution is -0.970. The van der Waals surface area contributed by atoms with Crippen LogP contribution in [-0.2, 0) is 0 Å². The minimum atomic E-state index is 0.00662. The fourth-order valence-corrected chi connectivity index (χ4v) is 4.95. The van der Waals surface area contributed by atoms with Crippen molar-refractivity contribution < 1.29 is 4.48 Å². The molecule has 2 bridgehead atoms. The standard InChI is InChI=1S/C14H23N2.C2N3/c1-16(12-5-3-2-4-6-12)13-7-9-14(16,11-15)10-8-13;3-1-5-2-4/h12-13H,2-10H2,1H3;/q+1;-1. The predicted octanol–water partition coefficient (Wildman–Crippen LogP) is 3.20. The van der Waals surface area contributed by atoms with Crippen molar-refractivity contribution in [3.63, 3.8) is 0 Å². The molecular formula is C16H23N5. The number of aliphatic imine (C=N–C) groups is 1. The van der Waals surface area contributed by atoms with Gasteiger partial charge in [-0.25, -0.2) is 0 Å². The Bertz CT molecular complexity index is 494. The third-order valence-corrected chi connectivity index (χ3v) is 6.10. The van der Waals surface area contributed by atoms with Gasteiger partial charge in [-0.15, -0.1) is 6.01 Å². The van der Waals surface area contributed by atoms with Gasteiger partial charge in [-0.05, 0) is 25.7 Å². The van der Waals surface area contributed by atoms with Crippen LogP contribution in [0.5, 0.6) is 0 Å². The summed E-state index contributed by atoms with van der Waals surface area (Å²) in [5, 5.41) is 24.5. The molecule has 0 aromatic carbocycles. The number of rotatable bonds is 1. The predicted molar refractivity (Wildman–Crippen MR) is 80.1 cm³/mol. The van der Waals surface area contributed by atoms with Crippen LogP contribution in [-0.4, -0.2) is 35.2 Å². The zero-order chi connectivity index (χ0) is 15.3. The lowest BCUT2D eigenvalue weighted by atomic mass is 9.86. The summed E-state index contributed by atoms with van der Waals surface area (Å²) in [5.41, 5.74) is 0.00662. The molecular weight excluding hydrogens is 262 g/mol. The summed E-state index contributed by atoms with van der Waals surface area (Å²) in [4.78, 5) is 2.58. The first-order valence-corrected chi connectivity index (χ1v) is 7.90. The average Bonchev–Trinajstić information content (AvgIpc) is 2.99. The van der Waals surface area contributed by atoms with Gasteiger partial charge < -0.3 is 14.9 Å². The van der Waals surface area contributed by atoms with E-state index in [2.05, 4.69) is 18.1 Å². The summed E-state index contributed by atoms with van der Waals surface area (Å²) in [6, 6.07) is 5.61. The molecule has 1 saturated carbocycles. The molecule has 3 rings (SSSR count). The highest BCUT2D eigenvalue weighted by molar-refractivity contribution is 5.46. The summed E-state index contributed by atoms with van der Waals surface area (Å²) in [7, 11) is 2.41. The van der Waals surface area contributed by atoms with E-state index < -0.39 is 0 Å². The van der Waals surface area contributed by atoms with Gasteiger partial charge in [0.05, 0.1) is 25.3 Å². The van der Waals surface area contributed by atoms with E-state index in [0.717, 1.165) is 16.6 Å². The number of fused-ring (bicyclic) bond motifs is 2. The van der Waals surface area contributed by atoms with Gasteiger partial charge in [0.15, 0.2) is 5.54 Å². The Kier molecular flexibility index (Phi) is 4.78. The molecule has 3 aliphatic rings. The molecule has 3 fully saturated rings. The van der Waals surface area contributed by atoms with Gasteiger partial charge in [0.2, 0.25) is 0 Å².